The number of esters is 1. The highest BCUT2D eigenvalue weighted by atomic mass is 16.5. The number of nitrogens with one attached hydrogen (secondary N) is 1. The molecule has 1 aromatic carbocycles. The summed E-state index contributed by atoms with van der Waals surface area (Å²) in [5.41, 5.74) is 5.78. The van der Waals surface area contributed by atoms with Crippen molar-refractivity contribution >= 4 is 11.7 Å². The van der Waals surface area contributed by atoms with Crippen LogP contribution in [0.2, 0.25) is 0 Å². The van der Waals surface area contributed by atoms with Crippen LogP contribution in [0.5, 0.6) is 0 Å². The van der Waals surface area contributed by atoms with E-state index in [1.54, 1.807) is 0 Å². The quantitative estimate of drug-likeness (QED) is 0.638. The average Bonchev–Trinajstić information content (AvgIpc) is 3.17. The number of para-hydroxylation sites is 1. The van der Waals surface area contributed by atoms with Gasteiger partial charge in [-0.05, 0) is 31.4 Å². The molecule has 0 radical (unpaired) electrons. The van der Waals surface area contributed by atoms with E-state index in [0.717, 1.165) is 42.9 Å². The minimum atomic E-state index is -0.173. The van der Waals surface area contributed by atoms with Crippen molar-refractivity contribution < 1.29 is 9.53 Å². The fourth-order valence-corrected chi connectivity index (χ4v) is 5.61. The molecule has 0 saturated carbocycles. The van der Waals surface area contributed by atoms with Crippen LogP contribution >= 0.6 is 0 Å². The van der Waals surface area contributed by atoms with Gasteiger partial charge in [-0.25, -0.2) is 4.79 Å². The molecule has 0 amide bonds. The minimum absolute atomic E-state index is 0.0596. The summed E-state index contributed by atoms with van der Waals surface area (Å²) >= 11 is 0. The van der Waals surface area contributed by atoms with Gasteiger partial charge in [0, 0.05) is 36.4 Å². The second-order valence-corrected chi connectivity index (χ2v) is 7.31. The number of fused-ring (bicyclic) bond motifs is 2. The molecule has 3 aliphatic heterocycles. The highest BCUT2D eigenvalue weighted by molar-refractivity contribution is 5.94. The molecule has 2 bridgehead atoms. The summed E-state index contributed by atoms with van der Waals surface area (Å²) in [7, 11) is 1.50. The molecule has 1 aliphatic carbocycles. The van der Waals surface area contributed by atoms with Crippen molar-refractivity contribution in [1.29, 1.82) is 0 Å². The Labute approximate surface area is 142 Å². The lowest BCUT2D eigenvalue weighted by molar-refractivity contribution is -0.137. The first-order valence-corrected chi connectivity index (χ1v) is 8.79. The number of ether oxygens (including phenoxy) is 1. The number of carbonyl (C=O) groups is 1. The topological polar surface area (TPSA) is 41.6 Å². The Morgan fingerprint density at radius 1 is 1.42 bits per heavy atom. The number of piperidine rings is 1. The van der Waals surface area contributed by atoms with Crippen molar-refractivity contribution in [3.05, 3.63) is 52.7 Å². The normalized spacial score (nSPS) is 34.8. The van der Waals surface area contributed by atoms with E-state index < -0.39 is 0 Å². The standard InChI is InChI=1S/C20H22N2O2/c1-3-12-11-22-9-8-20-14-6-4-5-7-15(14)21-18(20)17(19(23)24-2)13(12)10-16(20)22/h3-7,13,16,21H,8-11H2,1-2H3/b12-3-/t13-,16+,20?/m1/s1. The zero-order chi connectivity index (χ0) is 16.5. The molecule has 0 aromatic heterocycles. The number of hydrogen-bond acceptors (Lipinski definition) is 4. The highest BCUT2D eigenvalue weighted by Gasteiger charge is 2.62. The molecule has 4 heteroatoms. The summed E-state index contributed by atoms with van der Waals surface area (Å²) in [5.74, 6) is 0.0135. The third-order valence-corrected chi connectivity index (χ3v) is 6.60. The summed E-state index contributed by atoms with van der Waals surface area (Å²) in [6, 6.07) is 9.03. The lowest BCUT2D eigenvalue weighted by Crippen LogP contribution is -2.53. The van der Waals surface area contributed by atoms with Crippen LogP contribution in [0.3, 0.4) is 0 Å². The average molecular weight is 322 g/mol. The van der Waals surface area contributed by atoms with Crippen molar-refractivity contribution in [3.63, 3.8) is 0 Å². The highest BCUT2D eigenvalue weighted by Crippen LogP contribution is 2.61. The monoisotopic (exact) mass is 322 g/mol. The van der Waals surface area contributed by atoms with Gasteiger partial charge in [-0.2, -0.15) is 0 Å². The molecule has 4 nitrogen and oxygen atoms in total. The van der Waals surface area contributed by atoms with Gasteiger partial charge in [-0.3, -0.25) is 4.90 Å². The second-order valence-electron chi connectivity index (χ2n) is 7.31. The number of rotatable bonds is 1. The maximum atomic E-state index is 12.7. The number of carbonyl (C=O) groups excluding carboxylic acids is 1. The molecule has 24 heavy (non-hydrogen) atoms. The Kier molecular flexibility index (Phi) is 2.82. The molecule has 5 rings (SSSR count). The van der Waals surface area contributed by atoms with Crippen molar-refractivity contribution in [2.75, 3.05) is 25.5 Å². The number of methoxy groups -OCH3 is 1. The SMILES string of the molecule is C/C=C1/CN2CCC34C(=C(C(=O)OC)[C@@H]1C[C@H]23)Nc1ccccc14. The number of benzene rings is 1. The third kappa shape index (κ3) is 1.50. The van der Waals surface area contributed by atoms with E-state index in [1.807, 2.05) is 0 Å². The van der Waals surface area contributed by atoms with Gasteiger partial charge in [-0.1, -0.05) is 29.8 Å². The molecule has 3 atom stereocenters. The van der Waals surface area contributed by atoms with E-state index in [9.17, 15) is 4.79 Å². The van der Waals surface area contributed by atoms with Gasteiger partial charge in [0.25, 0.3) is 0 Å². The van der Waals surface area contributed by atoms with Gasteiger partial charge in [0.2, 0.25) is 0 Å². The molecule has 4 aliphatic rings. The Morgan fingerprint density at radius 3 is 3.04 bits per heavy atom. The lowest BCUT2D eigenvalue weighted by Gasteiger charge is -2.48. The second kappa shape index (κ2) is 4.73. The minimum Gasteiger partial charge on any atom is -0.466 e. The molecule has 1 aromatic rings. The largest absolute Gasteiger partial charge is 0.466 e. The Hall–Kier alpha value is -2.07. The van der Waals surface area contributed by atoms with Crippen molar-refractivity contribution in [1.82, 2.24) is 4.90 Å². The van der Waals surface area contributed by atoms with Crippen LogP contribution in [-0.2, 0) is 14.9 Å². The summed E-state index contributed by atoms with van der Waals surface area (Å²) in [6.45, 7) is 4.15. The lowest BCUT2D eigenvalue weighted by atomic mass is 9.62. The van der Waals surface area contributed by atoms with E-state index in [4.69, 9.17) is 4.74 Å². The van der Waals surface area contributed by atoms with Crippen molar-refractivity contribution in [2.24, 2.45) is 5.92 Å². The summed E-state index contributed by atoms with van der Waals surface area (Å²) in [5, 5.41) is 3.62. The van der Waals surface area contributed by atoms with E-state index >= 15 is 0 Å². The molecular formula is C20H22N2O2. The van der Waals surface area contributed by atoms with Crippen molar-refractivity contribution in [3.8, 4) is 0 Å². The molecule has 2 saturated heterocycles. The molecular weight excluding hydrogens is 300 g/mol. The number of nitrogens with zero attached hydrogens (tertiary/aromatic N) is 1. The molecule has 3 heterocycles. The Balaban J connectivity index is 1.82. The first-order valence-electron chi connectivity index (χ1n) is 8.79. The van der Waals surface area contributed by atoms with Crippen LogP contribution in [0.15, 0.2) is 47.2 Å². The van der Waals surface area contributed by atoms with Crippen LogP contribution in [0.1, 0.15) is 25.3 Å². The number of hydrogen-bond donors (Lipinski definition) is 1. The van der Waals surface area contributed by atoms with Crippen LogP contribution in [0.4, 0.5) is 5.69 Å². The summed E-state index contributed by atoms with van der Waals surface area (Å²) in [4.78, 5) is 15.3. The Morgan fingerprint density at radius 2 is 2.25 bits per heavy atom. The van der Waals surface area contributed by atoms with Gasteiger partial charge in [-0.15, -0.1) is 0 Å². The van der Waals surface area contributed by atoms with E-state index in [-0.39, 0.29) is 17.3 Å². The summed E-state index contributed by atoms with van der Waals surface area (Å²) < 4.78 is 5.21. The zero-order valence-electron chi connectivity index (χ0n) is 14.1. The van der Waals surface area contributed by atoms with Gasteiger partial charge < -0.3 is 10.1 Å². The molecule has 124 valence electrons. The number of allylic oxidation sites excluding steroid dienone is 1. The fraction of sp³-hybridized carbons (Fsp3) is 0.450. The van der Waals surface area contributed by atoms with Crippen LogP contribution in [0, 0.1) is 5.92 Å². The van der Waals surface area contributed by atoms with Gasteiger partial charge in [0.15, 0.2) is 0 Å². The van der Waals surface area contributed by atoms with Crippen LogP contribution in [-0.4, -0.2) is 37.1 Å². The van der Waals surface area contributed by atoms with Crippen LogP contribution < -0.4 is 5.32 Å². The predicted octanol–water partition coefficient (Wildman–Crippen LogP) is 2.83. The number of anilines is 1. The van der Waals surface area contributed by atoms with Crippen molar-refractivity contribution in [2.45, 2.75) is 31.2 Å². The van der Waals surface area contributed by atoms with Gasteiger partial charge in [0.05, 0.1) is 18.1 Å². The van der Waals surface area contributed by atoms with E-state index in [2.05, 4.69) is 47.5 Å². The first kappa shape index (κ1) is 14.3. The predicted molar refractivity (Wildman–Crippen MR) is 92.6 cm³/mol. The molecule has 1 N–H and O–H groups in total. The maximum Gasteiger partial charge on any atom is 0.336 e. The van der Waals surface area contributed by atoms with E-state index in [0.29, 0.717) is 6.04 Å². The Bertz CT molecular complexity index is 810. The van der Waals surface area contributed by atoms with Gasteiger partial charge in [0.1, 0.15) is 0 Å². The van der Waals surface area contributed by atoms with Crippen LogP contribution in [0.25, 0.3) is 0 Å². The van der Waals surface area contributed by atoms with E-state index in [1.165, 1.54) is 18.2 Å². The first-order chi connectivity index (χ1) is 11.7. The fourth-order valence-electron chi connectivity index (χ4n) is 5.61. The molecule has 2 fully saturated rings. The molecule has 1 unspecified atom stereocenters. The van der Waals surface area contributed by atoms with Gasteiger partial charge >= 0.3 is 5.97 Å². The summed E-state index contributed by atoms with van der Waals surface area (Å²) in [6.07, 6.45) is 4.28. The third-order valence-electron chi connectivity index (χ3n) is 6.60. The zero-order valence-corrected chi connectivity index (χ0v) is 14.1. The maximum absolute atomic E-state index is 12.7. The smallest absolute Gasteiger partial charge is 0.336 e. The molecule has 1 spiro atoms.